The molecule has 2 aliphatic carbocycles. The van der Waals surface area contributed by atoms with Crippen LogP contribution in [-0.4, -0.2) is 28.7 Å². The van der Waals surface area contributed by atoms with E-state index < -0.39 is 16.9 Å². The average Bonchev–Trinajstić information content (AvgIpc) is 2.76. The molecule has 5 heteroatoms. The van der Waals surface area contributed by atoms with Crippen LogP contribution in [0.2, 0.25) is 0 Å². The van der Waals surface area contributed by atoms with Gasteiger partial charge in [0.05, 0.1) is 7.11 Å². The standard InChI is InChI=1S/C21H30O5/c1-11(2)12-15(23)14-13(16(24)17(12)26-6)20(5)9-7-8-19(3,4)18(20)21(14,25)10-22/h10-11,18,23-25H,7-9H2,1-6H3/t18-,20+,21-/m0/s1. The number of benzene rings is 1. The van der Waals surface area contributed by atoms with Crippen LogP contribution in [0.3, 0.4) is 0 Å². The summed E-state index contributed by atoms with van der Waals surface area (Å²) >= 11 is 0. The Balaban J connectivity index is 2.49. The van der Waals surface area contributed by atoms with Gasteiger partial charge in [-0.25, -0.2) is 0 Å². The largest absolute Gasteiger partial charge is 0.507 e. The van der Waals surface area contributed by atoms with Crippen molar-refractivity contribution in [2.75, 3.05) is 7.11 Å². The van der Waals surface area contributed by atoms with Gasteiger partial charge in [0.1, 0.15) is 5.75 Å². The molecule has 1 fully saturated rings. The first kappa shape index (κ1) is 19.0. The Bertz CT molecular complexity index is 766. The third kappa shape index (κ3) is 2.10. The Morgan fingerprint density at radius 3 is 2.23 bits per heavy atom. The van der Waals surface area contributed by atoms with Crippen molar-refractivity contribution < 1.29 is 24.9 Å². The Hall–Kier alpha value is -1.75. The minimum Gasteiger partial charge on any atom is -0.507 e. The molecule has 1 aromatic carbocycles. The van der Waals surface area contributed by atoms with Gasteiger partial charge >= 0.3 is 0 Å². The van der Waals surface area contributed by atoms with E-state index in [0.29, 0.717) is 17.4 Å². The van der Waals surface area contributed by atoms with Gasteiger partial charge in [-0.3, -0.25) is 4.79 Å². The molecule has 0 saturated heterocycles. The lowest BCUT2D eigenvalue weighted by molar-refractivity contribution is -0.145. The van der Waals surface area contributed by atoms with E-state index in [1.165, 1.54) is 7.11 Å². The zero-order valence-electron chi connectivity index (χ0n) is 16.5. The molecule has 1 aromatic rings. The molecule has 0 spiro atoms. The number of ether oxygens (including phenoxy) is 1. The number of hydrogen-bond acceptors (Lipinski definition) is 5. The van der Waals surface area contributed by atoms with Crippen molar-refractivity contribution in [2.24, 2.45) is 11.3 Å². The molecule has 0 radical (unpaired) electrons. The van der Waals surface area contributed by atoms with Gasteiger partial charge < -0.3 is 20.1 Å². The highest BCUT2D eigenvalue weighted by molar-refractivity contribution is 5.79. The van der Waals surface area contributed by atoms with Gasteiger partial charge in [0, 0.05) is 28.0 Å². The number of fused-ring (bicyclic) bond motifs is 3. The number of phenols is 2. The molecule has 0 bridgehead atoms. The molecule has 3 N–H and O–H groups in total. The Morgan fingerprint density at radius 1 is 1.12 bits per heavy atom. The molecule has 144 valence electrons. The van der Waals surface area contributed by atoms with Gasteiger partial charge in [0.2, 0.25) is 0 Å². The summed E-state index contributed by atoms with van der Waals surface area (Å²) < 4.78 is 5.44. The van der Waals surface area contributed by atoms with E-state index in [9.17, 15) is 20.1 Å². The van der Waals surface area contributed by atoms with E-state index in [0.717, 1.165) is 19.3 Å². The molecule has 0 amide bonds. The Kier molecular flexibility index (Phi) is 4.11. The summed E-state index contributed by atoms with van der Waals surface area (Å²) in [6.45, 7) is 9.81. The second-order valence-corrected chi connectivity index (χ2v) is 9.18. The number of phenolic OH excluding ortho intramolecular Hbond substituents is 2. The molecule has 0 aromatic heterocycles. The van der Waals surface area contributed by atoms with Gasteiger partial charge in [-0.05, 0) is 24.2 Å². The topological polar surface area (TPSA) is 87.0 Å². The lowest BCUT2D eigenvalue weighted by Crippen LogP contribution is -2.51. The lowest BCUT2D eigenvalue weighted by atomic mass is 9.54. The molecular weight excluding hydrogens is 332 g/mol. The van der Waals surface area contributed by atoms with Crippen molar-refractivity contribution in [3.63, 3.8) is 0 Å². The Labute approximate surface area is 155 Å². The summed E-state index contributed by atoms with van der Waals surface area (Å²) in [5.41, 5.74) is -1.75. The fourth-order valence-electron chi connectivity index (χ4n) is 6.09. The van der Waals surface area contributed by atoms with Crippen LogP contribution in [0.5, 0.6) is 17.2 Å². The quantitative estimate of drug-likeness (QED) is 0.563. The van der Waals surface area contributed by atoms with Gasteiger partial charge in [0.15, 0.2) is 23.4 Å². The predicted octanol–water partition coefficient (Wildman–Crippen LogP) is 3.71. The third-order valence-electron chi connectivity index (χ3n) is 6.75. The van der Waals surface area contributed by atoms with Crippen molar-refractivity contribution in [3.05, 3.63) is 16.7 Å². The highest BCUT2D eigenvalue weighted by Gasteiger charge is 2.66. The minimum absolute atomic E-state index is 0.0630. The van der Waals surface area contributed by atoms with Crippen LogP contribution in [0, 0.1) is 11.3 Å². The maximum Gasteiger partial charge on any atom is 0.167 e. The maximum atomic E-state index is 12.2. The van der Waals surface area contributed by atoms with E-state index in [4.69, 9.17) is 4.74 Å². The van der Waals surface area contributed by atoms with Crippen molar-refractivity contribution in [1.29, 1.82) is 0 Å². The maximum absolute atomic E-state index is 12.2. The van der Waals surface area contributed by atoms with Gasteiger partial charge in [-0.15, -0.1) is 0 Å². The molecule has 1 saturated carbocycles. The summed E-state index contributed by atoms with van der Waals surface area (Å²) in [6.07, 6.45) is 3.06. The monoisotopic (exact) mass is 362 g/mol. The summed E-state index contributed by atoms with van der Waals surface area (Å²) in [7, 11) is 1.46. The lowest BCUT2D eigenvalue weighted by Gasteiger charge is -2.50. The molecule has 5 nitrogen and oxygen atoms in total. The normalized spacial score (nSPS) is 32.2. The van der Waals surface area contributed by atoms with Crippen LogP contribution < -0.4 is 4.74 Å². The fraction of sp³-hybridized carbons (Fsp3) is 0.667. The number of hydrogen-bond donors (Lipinski definition) is 3. The molecule has 2 aliphatic rings. The van der Waals surface area contributed by atoms with Crippen molar-refractivity contribution in [1.82, 2.24) is 0 Å². The number of aldehydes is 1. The number of aromatic hydroxyl groups is 2. The summed E-state index contributed by atoms with van der Waals surface area (Å²) in [4.78, 5) is 12.2. The number of methoxy groups -OCH3 is 1. The van der Waals surface area contributed by atoms with Gasteiger partial charge in [-0.2, -0.15) is 0 Å². The smallest absolute Gasteiger partial charge is 0.167 e. The molecule has 26 heavy (non-hydrogen) atoms. The van der Waals surface area contributed by atoms with Crippen LogP contribution in [-0.2, 0) is 15.8 Å². The van der Waals surface area contributed by atoms with E-state index in [2.05, 4.69) is 0 Å². The van der Waals surface area contributed by atoms with Gasteiger partial charge in [-0.1, -0.05) is 41.0 Å². The van der Waals surface area contributed by atoms with Crippen molar-refractivity contribution >= 4 is 6.29 Å². The van der Waals surface area contributed by atoms with Crippen LogP contribution in [0.25, 0.3) is 0 Å². The van der Waals surface area contributed by atoms with Crippen molar-refractivity contribution in [3.8, 4) is 17.2 Å². The molecule has 0 aliphatic heterocycles. The van der Waals surface area contributed by atoms with Crippen LogP contribution >= 0.6 is 0 Å². The zero-order chi connectivity index (χ0) is 19.7. The predicted molar refractivity (Wildman–Crippen MR) is 98.8 cm³/mol. The van der Waals surface area contributed by atoms with Crippen molar-refractivity contribution in [2.45, 2.75) is 70.8 Å². The highest BCUT2D eigenvalue weighted by Crippen LogP contribution is 2.69. The summed E-state index contributed by atoms with van der Waals surface area (Å²) in [5.74, 6) is -0.555. The Morgan fingerprint density at radius 2 is 1.73 bits per heavy atom. The number of aliphatic hydroxyl groups is 1. The second-order valence-electron chi connectivity index (χ2n) is 9.18. The van der Waals surface area contributed by atoms with Gasteiger partial charge in [0.25, 0.3) is 0 Å². The van der Waals surface area contributed by atoms with E-state index in [1.54, 1.807) is 0 Å². The number of rotatable bonds is 3. The van der Waals surface area contributed by atoms with Crippen LogP contribution in [0.15, 0.2) is 0 Å². The molecule has 3 atom stereocenters. The molecule has 0 heterocycles. The highest BCUT2D eigenvalue weighted by atomic mass is 16.5. The van der Waals surface area contributed by atoms with E-state index in [-0.39, 0.29) is 34.1 Å². The summed E-state index contributed by atoms with van der Waals surface area (Å²) in [5, 5.41) is 33.8. The van der Waals surface area contributed by atoms with E-state index >= 15 is 0 Å². The molecule has 3 rings (SSSR count). The SMILES string of the molecule is COc1c(O)c2c(c(O)c1C(C)C)[C@@](O)(C=O)[C@H]1C(C)(C)CCC[C@]21C. The van der Waals surface area contributed by atoms with E-state index in [1.807, 2.05) is 34.6 Å². The minimum atomic E-state index is -1.84. The second kappa shape index (κ2) is 5.62. The van der Waals surface area contributed by atoms with Crippen LogP contribution in [0.4, 0.5) is 0 Å². The molecular formula is C21H30O5. The first-order valence-electron chi connectivity index (χ1n) is 9.32. The number of carbonyl (C=O) groups excluding carboxylic acids is 1. The first-order chi connectivity index (χ1) is 12.0. The average molecular weight is 362 g/mol. The zero-order valence-corrected chi connectivity index (χ0v) is 16.5. The fourth-order valence-corrected chi connectivity index (χ4v) is 6.09. The third-order valence-corrected chi connectivity index (χ3v) is 6.75. The summed E-state index contributed by atoms with van der Waals surface area (Å²) in [6, 6.07) is 0. The number of carbonyl (C=O) groups is 1. The van der Waals surface area contributed by atoms with Crippen LogP contribution in [0.1, 0.15) is 76.5 Å². The molecule has 0 unspecified atom stereocenters. The first-order valence-corrected chi connectivity index (χ1v) is 9.32.